The van der Waals surface area contributed by atoms with Crippen LogP contribution < -0.4 is 5.73 Å². The van der Waals surface area contributed by atoms with Crippen molar-refractivity contribution >= 4 is 28.6 Å². The number of nitrogens with two attached hydrogens (primary N) is 1. The van der Waals surface area contributed by atoms with Gasteiger partial charge in [0.2, 0.25) is 0 Å². The third kappa shape index (κ3) is 2.31. The van der Waals surface area contributed by atoms with Gasteiger partial charge in [-0.05, 0) is 36.4 Å². The molecule has 0 fully saturated rings. The second kappa shape index (κ2) is 5.37. The molecule has 0 aliphatic carbocycles. The Morgan fingerprint density at radius 1 is 0.913 bits per heavy atom. The zero-order valence-electron chi connectivity index (χ0n) is 12.0. The number of aromatic nitrogens is 4. The largest absolute Gasteiger partial charge is 0.383 e. The first-order valence-electron chi connectivity index (χ1n) is 7.05. The Morgan fingerprint density at radius 2 is 1.74 bits per heavy atom. The predicted octanol–water partition coefficient (Wildman–Crippen LogP) is 3.72. The number of para-hydroxylation sites is 1. The Kier molecular flexibility index (Phi) is 3.20. The Balaban J connectivity index is 2.10. The fourth-order valence-electron chi connectivity index (χ4n) is 2.54. The Morgan fingerprint density at radius 3 is 2.52 bits per heavy atom. The van der Waals surface area contributed by atoms with Gasteiger partial charge in [-0.3, -0.25) is 4.57 Å². The average molecular weight is 322 g/mol. The topological polar surface area (TPSA) is 69.6 Å². The van der Waals surface area contributed by atoms with Crippen LogP contribution in [0.1, 0.15) is 0 Å². The molecule has 23 heavy (non-hydrogen) atoms. The molecular weight excluding hydrogens is 310 g/mol. The number of hydrogen-bond acceptors (Lipinski definition) is 4. The molecule has 0 radical (unpaired) electrons. The van der Waals surface area contributed by atoms with E-state index in [1.807, 2.05) is 53.1 Å². The van der Waals surface area contributed by atoms with Crippen LogP contribution in [0.2, 0.25) is 5.15 Å². The molecular formula is C17H12ClN5. The van der Waals surface area contributed by atoms with Gasteiger partial charge in [-0.1, -0.05) is 29.8 Å². The first kappa shape index (κ1) is 13.7. The highest BCUT2D eigenvalue weighted by Crippen LogP contribution is 2.30. The molecule has 2 N–H and O–H groups in total. The number of pyridine rings is 2. The van der Waals surface area contributed by atoms with Crippen LogP contribution in [0.25, 0.3) is 28.2 Å². The number of anilines is 1. The molecule has 6 heteroatoms. The van der Waals surface area contributed by atoms with Crippen LogP contribution in [0, 0.1) is 0 Å². The molecule has 112 valence electrons. The van der Waals surface area contributed by atoms with Crippen LogP contribution in [0.3, 0.4) is 0 Å². The van der Waals surface area contributed by atoms with E-state index in [0.29, 0.717) is 22.4 Å². The monoisotopic (exact) mass is 321 g/mol. The lowest BCUT2D eigenvalue weighted by atomic mass is 10.2. The average Bonchev–Trinajstić information content (AvgIpc) is 2.94. The quantitative estimate of drug-likeness (QED) is 0.571. The number of nitrogens with zero attached hydrogens (tertiary/aromatic N) is 4. The molecule has 0 aliphatic heterocycles. The number of hydrogen-bond donors (Lipinski definition) is 1. The van der Waals surface area contributed by atoms with Crippen LogP contribution in [-0.2, 0) is 0 Å². The van der Waals surface area contributed by atoms with Gasteiger partial charge in [0.15, 0.2) is 11.5 Å². The van der Waals surface area contributed by atoms with Gasteiger partial charge < -0.3 is 5.73 Å². The summed E-state index contributed by atoms with van der Waals surface area (Å²) < 4.78 is 1.94. The number of fused-ring (bicyclic) bond motifs is 1. The van der Waals surface area contributed by atoms with Crippen LogP contribution >= 0.6 is 11.6 Å². The highest BCUT2D eigenvalue weighted by atomic mass is 35.5. The van der Waals surface area contributed by atoms with Crippen molar-refractivity contribution in [3.63, 3.8) is 0 Å². The third-order valence-electron chi connectivity index (χ3n) is 3.56. The maximum Gasteiger partial charge on any atom is 0.166 e. The van der Waals surface area contributed by atoms with Gasteiger partial charge in [-0.25, -0.2) is 15.0 Å². The van der Waals surface area contributed by atoms with E-state index in [-0.39, 0.29) is 0 Å². The second-order valence-corrected chi connectivity index (χ2v) is 5.41. The van der Waals surface area contributed by atoms with Crippen LogP contribution in [0.15, 0.2) is 60.8 Å². The highest BCUT2D eigenvalue weighted by Gasteiger charge is 2.17. The van der Waals surface area contributed by atoms with Crippen molar-refractivity contribution in [3.05, 3.63) is 65.9 Å². The van der Waals surface area contributed by atoms with Crippen molar-refractivity contribution in [1.29, 1.82) is 0 Å². The van der Waals surface area contributed by atoms with Crippen molar-refractivity contribution in [2.75, 3.05) is 5.73 Å². The first-order valence-corrected chi connectivity index (χ1v) is 7.43. The lowest BCUT2D eigenvalue weighted by Crippen LogP contribution is -2.01. The van der Waals surface area contributed by atoms with Gasteiger partial charge in [-0.2, -0.15) is 0 Å². The molecule has 4 aromatic rings. The summed E-state index contributed by atoms with van der Waals surface area (Å²) in [6, 6.07) is 17.2. The van der Waals surface area contributed by atoms with Crippen molar-refractivity contribution < 1.29 is 0 Å². The van der Waals surface area contributed by atoms with E-state index in [1.165, 1.54) is 0 Å². The summed E-state index contributed by atoms with van der Waals surface area (Å²) >= 11 is 6.08. The summed E-state index contributed by atoms with van der Waals surface area (Å²) in [4.78, 5) is 13.3. The Labute approximate surface area is 137 Å². The summed E-state index contributed by atoms with van der Waals surface area (Å²) in [5.74, 6) is 1.11. The van der Waals surface area contributed by atoms with Crippen molar-refractivity contribution in [3.8, 4) is 17.1 Å². The summed E-state index contributed by atoms with van der Waals surface area (Å²) in [5.41, 5.74) is 9.16. The lowest BCUT2D eigenvalue weighted by Gasteiger charge is -2.09. The van der Waals surface area contributed by atoms with E-state index in [4.69, 9.17) is 17.3 Å². The van der Waals surface area contributed by atoms with E-state index in [9.17, 15) is 0 Å². The molecule has 0 saturated heterocycles. The fraction of sp³-hybridized carbons (Fsp3) is 0. The number of benzene rings is 1. The highest BCUT2D eigenvalue weighted by molar-refractivity contribution is 6.29. The molecule has 0 saturated carbocycles. The molecule has 0 unspecified atom stereocenters. The zero-order chi connectivity index (χ0) is 15.8. The number of nitrogen functional groups attached to an aromatic ring is 1. The van der Waals surface area contributed by atoms with E-state index < -0.39 is 0 Å². The van der Waals surface area contributed by atoms with Crippen molar-refractivity contribution in [2.24, 2.45) is 0 Å². The molecule has 4 rings (SSSR count). The first-order chi connectivity index (χ1) is 11.2. The fourth-order valence-corrected chi connectivity index (χ4v) is 2.69. The van der Waals surface area contributed by atoms with E-state index >= 15 is 0 Å². The standard InChI is InChI=1S/C17H12ClN5/c18-14-9-8-13-17(22-14)23(11-5-2-1-3-6-11)16(21-13)12-7-4-10-20-15(12)19/h1-10H,(H2,19,20). The maximum atomic E-state index is 6.08. The lowest BCUT2D eigenvalue weighted by molar-refractivity contribution is 1.07. The van der Waals surface area contributed by atoms with Crippen molar-refractivity contribution in [2.45, 2.75) is 0 Å². The number of rotatable bonds is 2. The van der Waals surface area contributed by atoms with E-state index in [2.05, 4.69) is 15.0 Å². The van der Waals surface area contributed by atoms with Crippen molar-refractivity contribution in [1.82, 2.24) is 19.5 Å². The molecule has 0 atom stereocenters. The molecule has 5 nitrogen and oxygen atoms in total. The predicted molar refractivity (Wildman–Crippen MR) is 91.5 cm³/mol. The summed E-state index contributed by atoms with van der Waals surface area (Å²) in [5, 5.41) is 0.417. The summed E-state index contributed by atoms with van der Waals surface area (Å²) in [6.45, 7) is 0. The molecule has 0 amide bonds. The van der Waals surface area contributed by atoms with Gasteiger partial charge in [0, 0.05) is 11.9 Å². The number of halogens is 1. The Bertz CT molecular complexity index is 994. The molecule has 0 aliphatic rings. The maximum absolute atomic E-state index is 6.08. The van der Waals surface area contributed by atoms with E-state index in [1.54, 1.807) is 12.3 Å². The van der Waals surface area contributed by atoms with Gasteiger partial charge in [-0.15, -0.1) is 0 Å². The van der Waals surface area contributed by atoms with Crippen LogP contribution in [0.4, 0.5) is 5.82 Å². The molecule has 1 aromatic carbocycles. The van der Waals surface area contributed by atoms with E-state index in [0.717, 1.165) is 16.8 Å². The smallest absolute Gasteiger partial charge is 0.166 e. The van der Waals surface area contributed by atoms with Crippen LogP contribution in [0.5, 0.6) is 0 Å². The minimum Gasteiger partial charge on any atom is -0.383 e. The SMILES string of the molecule is Nc1ncccc1-c1nc2ccc(Cl)nc2n1-c1ccccc1. The zero-order valence-corrected chi connectivity index (χ0v) is 12.8. The normalized spacial score (nSPS) is 11.0. The number of imidazole rings is 1. The molecule has 0 bridgehead atoms. The van der Waals surface area contributed by atoms with Gasteiger partial charge >= 0.3 is 0 Å². The minimum absolute atomic E-state index is 0.417. The summed E-state index contributed by atoms with van der Waals surface area (Å²) in [7, 11) is 0. The Hall–Kier alpha value is -2.92. The molecule has 3 heterocycles. The molecule has 3 aromatic heterocycles. The van der Waals surface area contributed by atoms with Gasteiger partial charge in [0.05, 0.1) is 5.56 Å². The van der Waals surface area contributed by atoms with Crippen LogP contribution in [-0.4, -0.2) is 19.5 Å². The molecule has 0 spiro atoms. The van der Waals surface area contributed by atoms with Gasteiger partial charge in [0.25, 0.3) is 0 Å². The minimum atomic E-state index is 0.417. The van der Waals surface area contributed by atoms with Gasteiger partial charge in [0.1, 0.15) is 16.5 Å². The summed E-state index contributed by atoms with van der Waals surface area (Å²) in [6.07, 6.45) is 1.66. The third-order valence-corrected chi connectivity index (χ3v) is 3.77. The second-order valence-electron chi connectivity index (χ2n) is 5.02.